The lowest BCUT2D eigenvalue weighted by molar-refractivity contribution is -0.133. The molecule has 1 aliphatic heterocycles. The average Bonchev–Trinajstić information content (AvgIpc) is 2.77. The molecule has 1 fully saturated rings. The van der Waals surface area contributed by atoms with Crippen LogP contribution in [-0.2, 0) is 20.9 Å². The van der Waals surface area contributed by atoms with Crippen LogP contribution in [0, 0.1) is 11.8 Å². The first-order chi connectivity index (χ1) is 14.6. The van der Waals surface area contributed by atoms with Crippen molar-refractivity contribution in [3.05, 3.63) is 65.2 Å². The summed E-state index contributed by atoms with van der Waals surface area (Å²) in [5, 5.41) is 12.4. The summed E-state index contributed by atoms with van der Waals surface area (Å²) in [4.78, 5) is 27.9. The predicted octanol–water partition coefficient (Wildman–Crippen LogP) is 2.53. The molecule has 0 unspecified atom stereocenters. The third-order valence-electron chi connectivity index (χ3n) is 5.01. The second-order valence-electron chi connectivity index (χ2n) is 6.89. The van der Waals surface area contributed by atoms with Gasteiger partial charge in [-0.3, -0.25) is 14.5 Å². The van der Waals surface area contributed by atoms with Crippen molar-refractivity contribution >= 4 is 29.1 Å². The summed E-state index contributed by atoms with van der Waals surface area (Å²) in [6.07, 6.45) is 0.624. The zero-order valence-electron chi connectivity index (χ0n) is 16.4. The zero-order chi connectivity index (χ0) is 21.4. The SMILES string of the molecule is O=C(C#CCO)N(c1cccc(Cl)c1)C1(C(=O)NCc2ccccc2)CCOCC1. The van der Waals surface area contributed by atoms with Gasteiger partial charge in [-0.15, -0.1) is 0 Å². The first-order valence-electron chi connectivity index (χ1n) is 9.66. The Morgan fingerprint density at radius 1 is 1.13 bits per heavy atom. The van der Waals surface area contributed by atoms with Crippen molar-refractivity contribution in [3.63, 3.8) is 0 Å². The fourth-order valence-electron chi connectivity index (χ4n) is 3.55. The third kappa shape index (κ3) is 5.00. The van der Waals surface area contributed by atoms with Crippen LogP contribution in [0.2, 0.25) is 5.02 Å². The molecular weight excluding hydrogens is 404 g/mol. The lowest BCUT2D eigenvalue weighted by Crippen LogP contribution is -2.63. The fraction of sp³-hybridized carbons (Fsp3) is 0.304. The minimum atomic E-state index is -1.18. The number of rotatable bonds is 5. The molecule has 0 aromatic heterocycles. The molecule has 7 heteroatoms. The quantitative estimate of drug-likeness (QED) is 0.720. The van der Waals surface area contributed by atoms with Crippen LogP contribution in [0.25, 0.3) is 0 Å². The number of hydrogen-bond acceptors (Lipinski definition) is 4. The Bertz CT molecular complexity index is 946. The van der Waals surface area contributed by atoms with E-state index in [9.17, 15) is 9.59 Å². The van der Waals surface area contributed by atoms with Crippen molar-refractivity contribution in [2.45, 2.75) is 24.9 Å². The van der Waals surface area contributed by atoms with Crippen molar-refractivity contribution in [2.75, 3.05) is 24.7 Å². The van der Waals surface area contributed by atoms with Gasteiger partial charge in [0.2, 0.25) is 5.91 Å². The highest BCUT2D eigenvalue weighted by Crippen LogP contribution is 2.34. The van der Waals surface area contributed by atoms with Gasteiger partial charge in [-0.05, 0) is 29.7 Å². The largest absolute Gasteiger partial charge is 0.384 e. The van der Waals surface area contributed by atoms with Gasteiger partial charge in [0.15, 0.2) is 0 Å². The van der Waals surface area contributed by atoms with Crippen LogP contribution in [0.5, 0.6) is 0 Å². The summed E-state index contributed by atoms with van der Waals surface area (Å²) in [7, 11) is 0. The second-order valence-corrected chi connectivity index (χ2v) is 7.33. The van der Waals surface area contributed by atoms with Crippen molar-refractivity contribution in [3.8, 4) is 11.8 Å². The predicted molar refractivity (Wildman–Crippen MR) is 115 cm³/mol. The molecule has 1 aliphatic rings. The summed E-state index contributed by atoms with van der Waals surface area (Å²) in [6, 6.07) is 16.3. The van der Waals surface area contributed by atoms with E-state index in [2.05, 4.69) is 17.2 Å². The fourth-order valence-corrected chi connectivity index (χ4v) is 3.73. The van der Waals surface area contributed by atoms with Gasteiger partial charge in [0.25, 0.3) is 0 Å². The number of carbonyl (C=O) groups excluding carboxylic acids is 2. The van der Waals surface area contributed by atoms with Crippen LogP contribution in [0.1, 0.15) is 18.4 Å². The molecule has 6 nitrogen and oxygen atoms in total. The van der Waals surface area contributed by atoms with E-state index in [-0.39, 0.29) is 5.91 Å². The topological polar surface area (TPSA) is 78.9 Å². The summed E-state index contributed by atoms with van der Waals surface area (Å²) in [6.45, 7) is 0.542. The number of halogens is 1. The molecule has 0 spiro atoms. The van der Waals surface area contributed by atoms with Gasteiger partial charge in [-0.2, -0.15) is 0 Å². The standard InChI is InChI=1S/C23H23ClN2O4/c24-19-8-4-9-20(16-19)26(21(28)10-5-13-27)23(11-14-30-15-12-23)22(29)25-17-18-6-2-1-3-7-18/h1-4,6-9,16,27H,11-15,17H2,(H,25,29). The lowest BCUT2D eigenvalue weighted by Gasteiger charge is -2.44. The van der Waals surface area contributed by atoms with Crippen molar-refractivity contribution in [1.29, 1.82) is 0 Å². The number of ether oxygens (including phenoxy) is 1. The minimum Gasteiger partial charge on any atom is -0.384 e. The molecule has 0 bridgehead atoms. The summed E-state index contributed by atoms with van der Waals surface area (Å²) < 4.78 is 5.49. The van der Waals surface area contributed by atoms with Gasteiger partial charge in [0.05, 0.1) is 0 Å². The van der Waals surface area contributed by atoms with E-state index >= 15 is 0 Å². The second kappa shape index (κ2) is 10.3. The van der Waals surface area contributed by atoms with Crippen LogP contribution in [0.4, 0.5) is 5.69 Å². The Morgan fingerprint density at radius 2 is 1.87 bits per heavy atom. The number of benzene rings is 2. The number of aliphatic hydroxyl groups is 1. The molecule has 1 saturated heterocycles. The zero-order valence-corrected chi connectivity index (χ0v) is 17.2. The smallest absolute Gasteiger partial charge is 0.303 e. The van der Waals surface area contributed by atoms with E-state index in [1.807, 2.05) is 30.3 Å². The number of nitrogens with zero attached hydrogens (tertiary/aromatic N) is 1. The van der Waals surface area contributed by atoms with Crippen LogP contribution in [0.15, 0.2) is 54.6 Å². The Labute approximate surface area is 180 Å². The van der Waals surface area contributed by atoms with Gasteiger partial charge in [0, 0.05) is 43.3 Å². The van der Waals surface area contributed by atoms with Gasteiger partial charge in [-0.1, -0.05) is 53.9 Å². The first kappa shape index (κ1) is 21.8. The highest BCUT2D eigenvalue weighted by Gasteiger charge is 2.48. The molecule has 0 saturated carbocycles. The molecule has 1 heterocycles. The highest BCUT2D eigenvalue weighted by molar-refractivity contribution is 6.31. The Hall–Kier alpha value is -2.85. The van der Waals surface area contributed by atoms with E-state index in [1.165, 1.54) is 4.90 Å². The number of anilines is 1. The van der Waals surface area contributed by atoms with Crippen molar-refractivity contribution in [2.24, 2.45) is 0 Å². The molecule has 2 aromatic carbocycles. The van der Waals surface area contributed by atoms with Crippen LogP contribution >= 0.6 is 11.6 Å². The van der Waals surface area contributed by atoms with E-state index in [0.29, 0.717) is 43.3 Å². The van der Waals surface area contributed by atoms with Crippen LogP contribution in [-0.4, -0.2) is 42.3 Å². The van der Waals surface area contributed by atoms with E-state index in [1.54, 1.807) is 24.3 Å². The molecule has 3 rings (SSSR count). The maximum Gasteiger partial charge on any atom is 0.303 e. The number of hydrogen-bond donors (Lipinski definition) is 2. The van der Waals surface area contributed by atoms with Gasteiger partial charge in [-0.25, -0.2) is 0 Å². The van der Waals surface area contributed by atoms with Gasteiger partial charge >= 0.3 is 5.91 Å². The highest BCUT2D eigenvalue weighted by atomic mass is 35.5. The Morgan fingerprint density at radius 3 is 2.53 bits per heavy atom. The van der Waals surface area contributed by atoms with E-state index in [0.717, 1.165) is 5.56 Å². The average molecular weight is 427 g/mol. The van der Waals surface area contributed by atoms with Crippen LogP contribution < -0.4 is 10.2 Å². The number of amides is 2. The lowest BCUT2D eigenvalue weighted by atomic mass is 9.85. The maximum absolute atomic E-state index is 13.5. The number of carbonyl (C=O) groups is 2. The van der Waals surface area contributed by atoms with Gasteiger partial charge in [0.1, 0.15) is 12.1 Å². The Balaban J connectivity index is 1.99. The third-order valence-corrected chi connectivity index (χ3v) is 5.25. The summed E-state index contributed by atoms with van der Waals surface area (Å²) >= 11 is 6.16. The molecule has 0 radical (unpaired) electrons. The monoisotopic (exact) mass is 426 g/mol. The molecule has 0 atom stereocenters. The molecular formula is C23H23ClN2O4. The van der Waals surface area contributed by atoms with E-state index in [4.69, 9.17) is 21.4 Å². The maximum atomic E-state index is 13.5. The summed E-state index contributed by atoms with van der Waals surface area (Å²) in [5.41, 5.74) is 0.240. The first-order valence-corrected chi connectivity index (χ1v) is 10.0. The molecule has 156 valence electrons. The molecule has 0 aliphatic carbocycles. The van der Waals surface area contributed by atoms with E-state index < -0.39 is 18.1 Å². The molecule has 2 amide bonds. The number of nitrogens with one attached hydrogen (secondary N) is 1. The van der Waals surface area contributed by atoms with Gasteiger partial charge < -0.3 is 15.2 Å². The van der Waals surface area contributed by atoms with Crippen molar-refractivity contribution in [1.82, 2.24) is 5.32 Å². The molecule has 2 N–H and O–H groups in total. The van der Waals surface area contributed by atoms with Crippen LogP contribution in [0.3, 0.4) is 0 Å². The molecule has 30 heavy (non-hydrogen) atoms. The normalized spacial score (nSPS) is 14.9. The number of aliphatic hydroxyl groups excluding tert-OH is 1. The Kier molecular flexibility index (Phi) is 7.47. The summed E-state index contributed by atoms with van der Waals surface area (Å²) in [5.74, 6) is 3.94. The minimum absolute atomic E-state index is 0.284. The molecule has 2 aromatic rings. The van der Waals surface area contributed by atoms with Crippen molar-refractivity contribution < 1.29 is 19.4 Å².